The number of ether oxygens (including phenoxy) is 1. The van der Waals surface area contributed by atoms with Crippen molar-refractivity contribution in [1.82, 2.24) is 0 Å². The maximum atomic E-state index is 10.7. The second-order valence-electron chi connectivity index (χ2n) is 1.79. The molecule has 0 fully saturated rings. The molecule has 6 heteroatoms. The summed E-state index contributed by atoms with van der Waals surface area (Å²) in [5.41, 5.74) is 10.1. The van der Waals surface area contributed by atoms with Gasteiger partial charge in [0.1, 0.15) is 10.9 Å². The van der Waals surface area contributed by atoms with Gasteiger partial charge < -0.3 is 16.2 Å². The van der Waals surface area contributed by atoms with Crippen molar-refractivity contribution in [3.63, 3.8) is 0 Å². The van der Waals surface area contributed by atoms with Crippen molar-refractivity contribution < 1.29 is 9.53 Å². The van der Waals surface area contributed by atoms with E-state index in [0.717, 1.165) is 6.08 Å². The molecule has 0 saturated heterocycles. The molecule has 0 aliphatic heterocycles. The van der Waals surface area contributed by atoms with Gasteiger partial charge in [0, 0.05) is 0 Å². The Hall–Kier alpha value is -0.870. The summed E-state index contributed by atoms with van der Waals surface area (Å²) < 4.78 is 4.30. The van der Waals surface area contributed by atoms with Crippen LogP contribution in [0.5, 0.6) is 0 Å². The summed E-state index contributed by atoms with van der Waals surface area (Å²) in [7, 11) is 1.20. The quantitative estimate of drug-likeness (QED) is 0.303. The molecule has 0 aromatic carbocycles. The highest BCUT2D eigenvalue weighted by molar-refractivity contribution is 6.40. The highest BCUT2D eigenvalue weighted by Crippen LogP contribution is 2.11. The number of carbonyl (C=O) groups is 1. The molecule has 0 heterocycles. The van der Waals surface area contributed by atoms with Crippen LogP contribution in [0.2, 0.25) is 0 Å². The summed E-state index contributed by atoms with van der Waals surface area (Å²) >= 11 is 10.8. The van der Waals surface area contributed by atoms with Crippen LogP contribution in [-0.2, 0) is 9.53 Å². The number of methoxy groups -OCH3 is 1. The first kappa shape index (κ1) is 11.1. The lowest BCUT2D eigenvalue weighted by molar-refractivity contribution is -0.136. The van der Waals surface area contributed by atoms with Gasteiger partial charge in [-0.3, -0.25) is 0 Å². The van der Waals surface area contributed by atoms with Crippen molar-refractivity contribution >= 4 is 29.2 Å². The minimum Gasteiger partial charge on any atom is -0.464 e. The monoisotopic (exact) mass is 210 g/mol. The average Bonchev–Trinajstić information content (AvgIpc) is 2.02. The van der Waals surface area contributed by atoms with E-state index in [1.807, 2.05) is 0 Å². The van der Waals surface area contributed by atoms with Crippen molar-refractivity contribution in [3.05, 3.63) is 22.0 Å². The van der Waals surface area contributed by atoms with Crippen LogP contribution < -0.4 is 11.5 Å². The van der Waals surface area contributed by atoms with Gasteiger partial charge in [0.25, 0.3) is 0 Å². The third-order valence-electron chi connectivity index (χ3n) is 0.931. The molecule has 12 heavy (non-hydrogen) atoms. The van der Waals surface area contributed by atoms with Crippen LogP contribution in [0.4, 0.5) is 0 Å². The molecular formula is C6H8Cl2N2O2. The number of carbonyl (C=O) groups excluding carboxylic acids is 1. The number of nitrogens with two attached hydrogens (primary N) is 2. The average molecular weight is 211 g/mol. The number of rotatable bonds is 2. The largest absolute Gasteiger partial charge is 0.464 e. The molecule has 0 rings (SSSR count). The van der Waals surface area contributed by atoms with E-state index in [2.05, 4.69) is 4.74 Å². The molecule has 0 saturated carbocycles. The van der Waals surface area contributed by atoms with Gasteiger partial charge in [-0.05, 0) is 6.08 Å². The maximum Gasteiger partial charge on any atom is 0.353 e. The molecule has 68 valence electrons. The van der Waals surface area contributed by atoms with Crippen LogP contribution >= 0.6 is 23.2 Å². The molecule has 4 nitrogen and oxygen atoms in total. The summed E-state index contributed by atoms with van der Waals surface area (Å²) in [4.78, 5) is 10.7. The first-order valence-corrected chi connectivity index (χ1v) is 3.61. The predicted molar refractivity (Wildman–Crippen MR) is 47.2 cm³/mol. The Labute approximate surface area is 79.7 Å². The highest BCUT2D eigenvalue weighted by atomic mass is 35.5. The second-order valence-corrected chi connectivity index (χ2v) is 2.60. The van der Waals surface area contributed by atoms with E-state index in [-0.39, 0.29) is 15.9 Å². The summed E-state index contributed by atoms with van der Waals surface area (Å²) in [6, 6.07) is 0. The van der Waals surface area contributed by atoms with Gasteiger partial charge >= 0.3 is 5.97 Å². The SMILES string of the molecule is COC(=O)/C(N)=C/C(Cl)=C(\N)Cl. The van der Waals surface area contributed by atoms with Crippen LogP contribution in [0, 0.1) is 0 Å². The fraction of sp³-hybridized carbons (Fsp3) is 0.167. The Balaban J connectivity index is 4.58. The highest BCUT2D eigenvalue weighted by Gasteiger charge is 2.05. The van der Waals surface area contributed by atoms with Crippen molar-refractivity contribution in [3.8, 4) is 0 Å². The van der Waals surface area contributed by atoms with E-state index >= 15 is 0 Å². The second kappa shape index (κ2) is 4.90. The van der Waals surface area contributed by atoms with Gasteiger partial charge in [-0.25, -0.2) is 4.79 Å². The Morgan fingerprint density at radius 1 is 1.42 bits per heavy atom. The maximum absolute atomic E-state index is 10.7. The topological polar surface area (TPSA) is 78.3 Å². The summed E-state index contributed by atoms with van der Waals surface area (Å²) in [6.07, 6.45) is 1.12. The van der Waals surface area contributed by atoms with E-state index in [1.165, 1.54) is 7.11 Å². The van der Waals surface area contributed by atoms with Gasteiger partial charge in [-0.15, -0.1) is 0 Å². The zero-order valence-corrected chi connectivity index (χ0v) is 7.82. The van der Waals surface area contributed by atoms with Gasteiger partial charge in [-0.2, -0.15) is 0 Å². The fourth-order valence-electron chi connectivity index (χ4n) is 0.382. The molecule has 0 aromatic heterocycles. The number of esters is 1. The van der Waals surface area contributed by atoms with Crippen molar-refractivity contribution in [2.75, 3.05) is 7.11 Å². The third kappa shape index (κ3) is 3.50. The zero-order valence-electron chi connectivity index (χ0n) is 6.30. The Kier molecular flexibility index (Phi) is 4.54. The molecule has 0 unspecified atom stereocenters. The van der Waals surface area contributed by atoms with Gasteiger partial charge in [0.15, 0.2) is 0 Å². The Morgan fingerprint density at radius 3 is 2.25 bits per heavy atom. The van der Waals surface area contributed by atoms with E-state index in [0.29, 0.717) is 0 Å². The molecule has 0 amide bonds. The lowest BCUT2D eigenvalue weighted by Crippen LogP contribution is -2.12. The molecule has 0 spiro atoms. The molecule has 0 bridgehead atoms. The number of halogens is 2. The van der Waals surface area contributed by atoms with Crippen LogP contribution in [0.3, 0.4) is 0 Å². The molecule has 0 radical (unpaired) electrons. The standard InChI is InChI=1S/C6H8Cl2N2O2/c1-12-6(11)4(9)2-3(7)5(8)10/h2H,9-10H2,1H3/b4-2-,5-3+. The first-order chi connectivity index (χ1) is 5.49. The van der Waals surface area contributed by atoms with Gasteiger partial charge in [0.2, 0.25) is 0 Å². The Bertz CT molecular complexity index is 244. The van der Waals surface area contributed by atoms with E-state index in [4.69, 9.17) is 34.7 Å². The van der Waals surface area contributed by atoms with Crippen molar-refractivity contribution in [2.24, 2.45) is 11.5 Å². The van der Waals surface area contributed by atoms with Crippen LogP contribution in [0.25, 0.3) is 0 Å². The molecule has 4 N–H and O–H groups in total. The molecular weight excluding hydrogens is 203 g/mol. The van der Waals surface area contributed by atoms with E-state index in [1.54, 1.807) is 0 Å². The Morgan fingerprint density at radius 2 is 1.92 bits per heavy atom. The first-order valence-electron chi connectivity index (χ1n) is 2.85. The van der Waals surface area contributed by atoms with Crippen LogP contribution in [0.15, 0.2) is 22.0 Å². The summed E-state index contributed by atoms with van der Waals surface area (Å²) in [6.45, 7) is 0. The smallest absolute Gasteiger partial charge is 0.353 e. The molecule has 0 aliphatic rings. The number of hydrogen-bond acceptors (Lipinski definition) is 4. The number of allylic oxidation sites excluding steroid dienone is 2. The molecule has 0 atom stereocenters. The lowest BCUT2D eigenvalue weighted by Gasteiger charge is -1.97. The van der Waals surface area contributed by atoms with Crippen molar-refractivity contribution in [2.45, 2.75) is 0 Å². The van der Waals surface area contributed by atoms with E-state index in [9.17, 15) is 4.79 Å². The minimum absolute atomic E-state index is 0.000401. The zero-order chi connectivity index (χ0) is 9.72. The summed E-state index contributed by atoms with van der Waals surface area (Å²) in [5.74, 6) is -0.689. The normalized spacial score (nSPS) is 13.8. The van der Waals surface area contributed by atoms with Gasteiger partial charge in [-0.1, -0.05) is 23.2 Å². The third-order valence-corrected chi connectivity index (χ3v) is 1.54. The predicted octanol–water partition coefficient (Wildman–Crippen LogP) is 0.607. The van der Waals surface area contributed by atoms with E-state index < -0.39 is 5.97 Å². The minimum atomic E-state index is -0.689. The van der Waals surface area contributed by atoms with Crippen LogP contribution in [0.1, 0.15) is 0 Å². The molecule has 0 aliphatic carbocycles. The molecule has 0 aromatic rings. The summed E-state index contributed by atoms with van der Waals surface area (Å²) in [5, 5.41) is -0.136. The number of hydrogen-bond donors (Lipinski definition) is 2. The fourth-order valence-corrected chi connectivity index (χ4v) is 0.554. The lowest BCUT2D eigenvalue weighted by atomic mass is 10.4. The van der Waals surface area contributed by atoms with Crippen molar-refractivity contribution in [1.29, 1.82) is 0 Å². The van der Waals surface area contributed by atoms with Gasteiger partial charge in [0.05, 0.1) is 12.1 Å². The van der Waals surface area contributed by atoms with Crippen LogP contribution in [-0.4, -0.2) is 13.1 Å².